The molecule has 2 heterocycles. The molecule has 0 amide bonds. The van der Waals surface area contributed by atoms with Crippen LogP contribution in [0.1, 0.15) is 27.2 Å². The monoisotopic (exact) mass is 549 g/mol. The van der Waals surface area contributed by atoms with Crippen molar-refractivity contribution >= 4 is 15.8 Å². The SMILES string of the molecule is COc1ccc(S(=O)(=O)NCCCNc2cc(-c3cn(C(C)(C)C)nc3-c3cccc(OC)c3)ccn2)cc1. The number of nitrogens with one attached hydrogen (secondary N) is 2. The second-order valence-electron chi connectivity index (χ2n) is 10.0. The van der Waals surface area contributed by atoms with Gasteiger partial charge in [-0.15, -0.1) is 0 Å². The van der Waals surface area contributed by atoms with Crippen molar-refractivity contribution < 1.29 is 17.9 Å². The molecule has 2 aromatic carbocycles. The van der Waals surface area contributed by atoms with Crippen molar-refractivity contribution in [3.8, 4) is 33.9 Å². The predicted molar refractivity (Wildman–Crippen MR) is 154 cm³/mol. The Kier molecular flexibility index (Phi) is 8.57. The maximum Gasteiger partial charge on any atom is 0.240 e. The van der Waals surface area contributed by atoms with Crippen LogP contribution in [-0.2, 0) is 15.6 Å². The van der Waals surface area contributed by atoms with E-state index in [1.165, 1.54) is 19.2 Å². The maximum absolute atomic E-state index is 12.5. The highest BCUT2D eigenvalue weighted by Gasteiger charge is 2.21. The Morgan fingerprint density at radius 3 is 2.33 bits per heavy atom. The standard InChI is InChI=1S/C29H35N5O4S/c1-29(2,3)34-20-26(28(33-34)22-8-6-9-24(18-22)38-5)21-14-17-31-27(19-21)30-15-7-16-32-39(35,36)25-12-10-23(37-4)11-13-25/h6,8-14,17-20,32H,7,15-16H2,1-5H3,(H,30,31). The molecule has 206 valence electrons. The molecule has 0 radical (unpaired) electrons. The Morgan fingerprint density at radius 1 is 0.897 bits per heavy atom. The second kappa shape index (κ2) is 11.9. The van der Waals surface area contributed by atoms with E-state index in [2.05, 4.69) is 42.0 Å². The number of nitrogens with zero attached hydrogens (tertiary/aromatic N) is 3. The van der Waals surface area contributed by atoms with Gasteiger partial charge in [-0.05, 0) is 81.3 Å². The summed E-state index contributed by atoms with van der Waals surface area (Å²) in [4.78, 5) is 4.65. The van der Waals surface area contributed by atoms with Crippen LogP contribution in [0, 0.1) is 0 Å². The van der Waals surface area contributed by atoms with Gasteiger partial charge >= 0.3 is 0 Å². The summed E-state index contributed by atoms with van der Waals surface area (Å²) >= 11 is 0. The van der Waals surface area contributed by atoms with Gasteiger partial charge in [0, 0.05) is 36.6 Å². The molecule has 9 nitrogen and oxygen atoms in total. The highest BCUT2D eigenvalue weighted by Crippen LogP contribution is 2.35. The van der Waals surface area contributed by atoms with Crippen LogP contribution in [0.3, 0.4) is 0 Å². The van der Waals surface area contributed by atoms with Crippen molar-refractivity contribution in [2.24, 2.45) is 0 Å². The third kappa shape index (κ3) is 6.96. The molecule has 4 aromatic rings. The van der Waals surface area contributed by atoms with E-state index in [4.69, 9.17) is 14.6 Å². The first-order valence-electron chi connectivity index (χ1n) is 12.7. The highest BCUT2D eigenvalue weighted by atomic mass is 32.2. The van der Waals surface area contributed by atoms with E-state index in [0.29, 0.717) is 31.1 Å². The molecule has 39 heavy (non-hydrogen) atoms. The molecule has 0 bridgehead atoms. The molecule has 2 aromatic heterocycles. The first kappa shape index (κ1) is 28.1. The summed E-state index contributed by atoms with van der Waals surface area (Å²) < 4.78 is 40.2. The van der Waals surface area contributed by atoms with Crippen LogP contribution in [0.2, 0.25) is 0 Å². The number of rotatable bonds is 11. The van der Waals surface area contributed by atoms with Crippen LogP contribution in [0.25, 0.3) is 22.4 Å². The molecular formula is C29H35N5O4S. The van der Waals surface area contributed by atoms with Gasteiger partial charge in [-0.3, -0.25) is 4.68 Å². The molecule has 10 heteroatoms. The average molecular weight is 550 g/mol. The summed E-state index contributed by atoms with van der Waals surface area (Å²) in [5.41, 5.74) is 3.58. The number of ether oxygens (including phenoxy) is 2. The smallest absolute Gasteiger partial charge is 0.240 e. The Balaban J connectivity index is 1.45. The molecule has 0 aliphatic heterocycles. The number of sulfonamides is 1. The fraction of sp³-hybridized carbons (Fsp3) is 0.310. The van der Waals surface area contributed by atoms with Crippen LogP contribution in [0.15, 0.2) is 78.0 Å². The van der Waals surface area contributed by atoms with Gasteiger partial charge in [0.05, 0.1) is 24.7 Å². The van der Waals surface area contributed by atoms with E-state index in [9.17, 15) is 8.42 Å². The van der Waals surface area contributed by atoms with Crippen molar-refractivity contribution in [1.82, 2.24) is 19.5 Å². The summed E-state index contributed by atoms with van der Waals surface area (Å²) in [6, 6.07) is 18.1. The zero-order chi connectivity index (χ0) is 28.0. The number of hydrogen-bond acceptors (Lipinski definition) is 7. The molecule has 2 N–H and O–H groups in total. The Bertz CT molecular complexity index is 1510. The van der Waals surface area contributed by atoms with E-state index in [-0.39, 0.29) is 10.4 Å². The average Bonchev–Trinajstić information content (AvgIpc) is 3.40. The van der Waals surface area contributed by atoms with Crippen molar-refractivity contribution in [1.29, 1.82) is 0 Å². The Morgan fingerprint density at radius 2 is 1.64 bits per heavy atom. The van der Waals surface area contributed by atoms with Gasteiger partial charge in [-0.1, -0.05) is 12.1 Å². The van der Waals surface area contributed by atoms with E-state index < -0.39 is 10.0 Å². The number of pyridine rings is 1. The Hall–Kier alpha value is -3.89. The van der Waals surface area contributed by atoms with E-state index >= 15 is 0 Å². The van der Waals surface area contributed by atoms with Gasteiger partial charge in [0.15, 0.2) is 0 Å². The molecular weight excluding hydrogens is 514 g/mol. The normalized spacial score (nSPS) is 11.8. The van der Waals surface area contributed by atoms with Crippen molar-refractivity contribution in [3.05, 3.63) is 73.1 Å². The largest absolute Gasteiger partial charge is 0.497 e. The molecule has 4 rings (SSSR count). The summed E-state index contributed by atoms with van der Waals surface area (Å²) in [5.74, 6) is 2.07. The molecule has 0 aliphatic carbocycles. The topological polar surface area (TPSA) is 107 Å². The molecule has 0 saturated carbocycles. The fourth-order valence-corrected chi connectivity index (χ4v) is 5.03. The number of hydrogen-bond donors (Lipinski definition) is 2. The van der Waals surface area contributed by atoms with Crippen LogP contribution in [-0.4, -0.2) is 50.5 Å². The lowest BCUT2D eigenvalue weighted by Gasteiger charge is -2.18. The van der Waals surface area contributed by atoms with Crippen molar-refractivity contribution in [3.63, 3.8) is 0 Å². The van der Waals surface area contributed by atoms with E-state index in [1.54, 1.807) is 25.4 Å². The number of methoxy groups -OCH3 is 2. The number of aromatic nitrogens is 3. The van der Waals surface area contributed by atoms with Crippen LogP contribution < -0.4 is 19.5 Å². The highest BCUT2D eigenvalue weighted by molar-refractivity contribution is 7.89. The van der Waals surface area contributed by atoms with Gasteiger partial charge in [0.1, 0.15) is 23.0 Å². The third-order valence-electron chi connectivity index (χ3n) is 6.14. The maximum atomic E-state index is 12.5. The molecule has 0 saturated heterocycles. The molecule has 0 aliphatic rings. The minimum atomic E-state index is -3.59. The number of benzene rings is 2. The van der Waals surface area contributed by atoms with Gasteiger partial charge in [0.2, 0.25) is 10.0 Å². The van der Waals surface area contributed by atoms with Crippen LogP contribution in [0.5, 0.6) is 11.5 Å². The predicted octanol–water partition coefficient (Wildman–Crippen LogP) is 5.16. The van der Waals surface area contributed by atoms with Crippen molar-refractivity contribution in [2.45, 2.75) is 37.6 Å². The summed E-state index contributed by atoms with van der Waals surface area (Å²) in [6.45, 7) is 7.18. The molecule has 0 atom stereocenters. The van der Waals surface area contributed by atoms with Crippen LogP contribution in [0.4, 0.5) is 5.82 Å². The first-order chi connectivity index (χ1) is 18.6. The molecule has 0 spiro atoms. The molecule has 0 unspecified atom stereocenters. The number of anilines is 1. The van der Waals surface area contributed by atoms with E-state index in [1.807, 2.05) is 41.1 Å². The lowest BCUT2D eigenvalue weighted by atomic mass is 10.0. The minimum Gasteiger partial charge on any atom is -0.497 e. The van der Waals surface area contributed by atoms with Gasteiger partial charge < -0.3 is 14.8 Å². The third-order valence-corrected chi connectivity index (χ3v) is 7.61. The van der Waals surface area contributed by atoms with Crippen LogP contribution >= 0.6 is 0 Å². The quantitative estimate of drug-likeness (QED) is 0.249. The van der Waals surface area contributed by atoms with Gasteiger partial charge in [-0.25, -0.2) is 18.1 Å². The molecule has 0 fully saturated rings. The lowest BCUT2D eigenvalue weighted by Crippen LogP contribution is -2.26. The first-order valence-corrected chi connectivity index (χ1v) is 14.2. The lowest BCUT2D eigenvalue weighted by molar-refractivity contribution is 0.356. The van der Waals surface area contributed by atoms with Gasteiger partial charge in [0.25, 0.3) is 0 Å². The second-order valence-corrected chi connectivity index (χ2v) is 11.8. The zero-order valence-electron chi connectivity index (χ0n) is 22.9. The summed E-state index contributed by atoms with van der Waals surface area (Å²) in [6.07, 6.45) is 4.40. The summed E-state index contributed by atoms with van der Waals surface area (Å²) in [5, 5.41) is 8.23. The van der Waals surface area contributed by atoms with E-state index in [0.717, 1.165) is 28.1 Å². The Labute approximate surface area is 230 Å². The minimum absolute atomic E-state index is 0.195. The zero-order valence-corrected chi connectivity index (χ0v) is 23.7. The fourth-order valence-electron chi connectivity index (χ4n) is 3.96. The van der Waals surface area contributed by atoms with Gasteiger partial charge in [-0.2, -0.15) is 5.10 Å². The summed E-state index contributed by atoms with van der Waals surface area (Å²) in [7, 11) is -0.395. The van der Waals surface area contributed by atoms with Crippen molar-refractivity contribution in [2.75, 3.05) is 32.6 Å².